The Balaban J connectivity index is 1.98. The zero-order valence-electron chi connectivity index (χ0n) is 11.9. The van der Waals surface area contributed by atoms with E-state index in [1.807, 2.05) is 31.2 Å². The third kappa shape index (κ3) is 2.09. The Hall–Kier alpha value is -2.62. The van der Waals surface area contributed by atoms with Crippen molar-refractivity contribution < 1.29 is 14.3 Å². The third-order valence-corrected chi connectivity index (χ3v) is 3.79. The highest BCUT2D eigenvalue weighted by Crippen LogP contribution is 2.32. The number of ether oxygens (including phenoxy) is 1. The molecule has 4 nitrogen and oxygen atoms in total. The molecule has 0 aromatic heterocycles. The largest absolute Gasteiger partial charge is 0.497 e. The summed E-state index contributed by atoms with van der Waals surface area (Å²) in [5.41, 5.74) is 1.80. The van der Waals surface area contributed by atoms with Gasteiger partial charge < -0.3 is 4.74 Å². The molecule has 4 heteroatoms. The number of fused-ring (bicyclic) bond motifs is 1. The maximum absolute atomic E-state index is 12.5. The maximum Gasteiger partial charge on any atom is 0.262 e. The van der Waals surface area contributed by atoms with Crippen molar-refractivity contribution in [2.24, 2.45) is 0 Å². The SMILES string of the molecule is COc1cccc(C(C)N2C(=O)c3ccccc3C2=O)c1. The minimum atomic E-state index is -0.340. The lowest BCUT2D eigenvalue weighted by molar-refractivity contribution is 0.0595. The van der Waals surface area contributed by atoms with Crippen LogP contribution in [-0.2, 0) is 0 Å². The topological polar surface area (TPSA) is 46.6 Å². The van der Waals surface area contributed by atoms with E-state index in [9.17, 15) is 9.59 Å². The number of hydrogen-bond acceptors (Lipinski definition) is 3. The van der Waals surface area contributed by atoms with Gasteiger partial charge in [0.15, 0.2) is 0 Å². The van der Waals surface area contributed by atoms with Crippen LogP contribution in [0.25, 0.3) is 0 Å². The molecule has 0 saturated carbocycles. The minimum absolute atomic E-state index is 0.245. The van der Waals surface area contributed by atoms with E-state index in [1.165, 1.54) is 4.90 Å². The number of rotatable bonds is 3. The van der Waals surface area contributed by atoms with Gasteiger partial charge in [0.25, 0.3) is 11.8 Å². The van der Waals surface area contributed by atoms with Crippen molar-refractivity contribution in [2.75, 3.05) is 7.11 Å². The fourth-order valence-corrected chi connectivity index (χ4v) is 2.61. The number of hydrogen-bond donors (Lipinski definition) is 0. The molecule has 0 spiro atoms. The standard InChI is InChI=1S/C17H15NO3/c1-11(12-6-5-7-13(10-12)21-2)18-16(19)14-8-3-4-9-15(14)17(18)20/h3-11H,1-2H3. The normalized spacial score (nSPS) is 15.0. The van der Waals surface area contributed by atoms with Gasteiger partial charge in [-0.15, -0.1) is 0 Å². The average molecular weight is 281 g/mol. The zero-order chi connectivity index (χ0) is 15.0. The van der Waals surface area contributed by atoms with Crippen LogP contribution in [-0.4, -0.2) is 23.8 Å². The molecule has 0 N–H and O–H groups in total. The molecule has 106 valence electrons. The third-order valence-electron chi connectivity index (χ3n) is 3.79. The van der Waals surface area contributed by atoms with E-state index >= 15 is 0 Å². The van der Waals surface area contributed by atoms with Gasteiger partial charge >= 0.3 is 0 Å². The smallest absolute Gasteiger partial charge is 0.262 e. The fourth-order valence-electron chi connectivity index (χ4n) is 2.61. The van der Waals surface area contributed by atoms with Crippen LogP contribution < -0.4 is 4.74 Å². The first-order valence-corrected chi connectivity index (χ1v) is 6.74. The second kappa shape index (κ2) is 5.05. The molecule has 1 aliphatic rings. The molecule has 2 aromatic carbocycles. The summed E-state index contributed by atoms with van der Waals surface area (Å²) in [5, 5.41) is 0. The van der Waals surface area contributed by atoms with E-state index in [1.54, 1.807) is 31.4 Å². The van der Waals surface area contributed by atoms with Crippen molar-refractivity contribution in [1.29, 1.82) is 0 Å². The molecule has 1 unspecified atom stereocenters. The van der Waals surface area contributed by atoms with Crippen LogP contribution in [0.2, 0.25) is 0 Å². The van der Waals surface area contributed by atoms with Gasteiger partial charge in [0, 0.05) is 0 Å². The van der Waals surface area contributed by atoms with Gasteiger partial charge in [0.2, 0.25) is 0 Å². The molecule has 1 atom stereocenters. The summed E-state index contributed by atoms with van der Waals surface area (Å²) in [6.07, 6.45) is 0. The van der Waals surface area contributed by atoms with Gasteiger partial charge in [-0.1, -0.05) is 24.3 Å². The first kappa shape index (κ1) is 13.4. The predicted octanol–water partition coefficient (Wildman–Crippen LogP) is 3.05. The van der Waals surface area contributed by atoms with Gasteiger partial charge in [-0.2, -0.15) is 0 Å². The Kier molecular flexibility index (Phi) is 3.22. The molecule has 0 saturated heterocycles. The molecule has 0 bridgehead atoms. The highest BCUT2D eigenvalue weighted by atomic mass is 16.5. The van der Waals surface area contributed by atoms with Gasteiger partial charge in [0.05, 0.1) is 24.3 Å². The number of carbonyl (C=O) groups is 2. The molecular formula is C17H15NO3. The van der Waals surface area contributed by atoms with Crippen molar-refractivity contribution in [2.45, 2.75) is 13.0 Å². The fraction of sp³-hybridized carbons (Fsp3) is 0.176. The summed E-state index contributed by atoms with van der Waals surface area (Å²) in [6, 6.07) is 14.0. The van der Waals surface area contributed by atoms with Crippen molar-refractivity contribution in [1.82, 2.24) is 4.90 Å². The molecule has 0 fully saturated rings. The van der Waals surface area contributed by atoms with Gasteiger partial charge in [-0.05, 0) is 36.8 Å². The van der Waals surface area contributed by atoms with Crippen molar-refractivity contribution in [3.05, 3.63) is 65.2 Å². The number of carbonyl (C=O) groups excluding carboxylic acids is 2. The summed E-state index contributed by atoms with van der Waals surface area (Å²) >= 11 is 0. The van der Waals surface area contributed by atoms with Gasteiger partial charge in [0.1, 0.15) is 5.75 Å². The molecule has 1 aliphatic heterocycles. The van der Waals surface area contributed by atoms with Crippen LogP contribution in [0.4, 0.5) is 0 Å². The highest BCUT2D eigenvalue weighted by molar-refractivity contribution is 6.21. The summed E-state index contributed by atoms with van der Waals surface area (Å²) in [7, 11) is 1.59. The molecular weight excluding hydrogens is 266 g/mol. The summed E-state index contributed by atoms with van der Waals surface area (Å²) in [5.74, 6) is 0.216. The molecule has 0 radical (unpaired) electrons. The number of imide groups is 1. The van der Waals surface area contributed by atoms with E-state index in [-0.39, 0.29) is 17.9 Å². The van der Waals surface area contributed by atoms with Crippen LogP contribution >= 0.6 is 0 Å². The van der Waals surface area contributed by atoms with Gasteiger partial charge in [-0.25, -0.2) is 0 Å². The molecule has 3 rings (SSSR count). The van der Waals surface area contributed by atoms with E-state index in [0.717, 1.165) is 5.56 Å². The van der Waals surface area contributed by atoms with Crippen LogP contribution in [0.1, 0.15) is 39.2 Å². The summed E-state index contributed by atoms with van der Waals surface area (Å²) < 4.78 is 5.19. The number of nitrogens with zero attached hydrogens (tertiary/aromatic N) is 1. The van der Waals surface area contributed by atoms with Crippen molar-refractivity contribution in [3.63, 3.8) is 0 Å². The Morgan fingerprint density at radius 3 is 2.14 bits per heavy atom. The first-order chi connectivity index (χ1) is 10.1. The number of methoxy groups -OCH3 is 1. The van der Waals surface area contributed by atoms with Crippen LogP contribution in [0.5, 0.6) is 5.75 Å². The Morgan fingerprint density at radius 2 is 1.57 bits per heavy atom. The quantitative estimate of drug-likeness (QED) is 0.812. The number of amides is 2. The Morgan fingerprint density at radius 1 is 0.952 bits per heavy atom. The van der Waals surface area contributed by atoms with Gasteiger partial charge in [-0.3, -0.25) is 14.5 Å². The van der Waals surface area contributed by atoms with Crippen LogP contribution in [0.15, 0.2) is 48.5 Å². The number of benzene rings is 2. The zero-order valence-corrected chi connectivity index (χ0v) is 11.9. The average Bonchev–Trinajstić information content (AvgIpc) is 2.79. The first-order valence-electron chi connectivity index (χ1n) is 6.74. The van der Waals surface area contributed by atoms with Crippen molar-refractivity contribution in [3.8, 4) is 5.75 Å². The van der Waals surface area contributed by atoms with Crippen LogP contribution in [0.3, 0.4) is 0 Å². The van der Waals surface area contributed by atoms with E-state index in [0.29, 0.717) is 16.9 Å². The lowest BCUT2D eigenvalue weighted by Crippen LogP contribution is -2.32. The molecule has 21 heavy (non-hydrogen) atoms. The maximum atomic E-state index is 12.5. The van der Waals surface area contributed by atoms with E-state index in [4.69, 9.17) is 4.74 Å². The Bertz CT molecular complexity index is 688. The monoisotopic (exact) mass is 281 g/mol. The second-order valence-corrected chi connectivity index (χ2v) is 4.98. The van der Waals surface area contributed by atoms with Crippen molar-refractivity contribution >= 4 is 11.8 Å². The molecule has 2 amide bonds. The summed E-state index contributed by atoms with van der Waals surface area (Å²) in [4.78, 5) is 26.2. The molecule has 1 heterocycles. The minimum Gasteiger partial charge on any atom is -0.497 e. The lowest BCUT2D eigenvalue weighted by atomic mass is 10.1. The molecule has 0 aliphatic carbocycles. The highest BCUT2D eigenvalue weighted by Gasteiger charge is 2.38. The van der Waals surface area contributed by atoms with E-state index in [2.05, 4.69) is 0 Å². The van der Waals surface area contributed by atoms with Crippen LogP contribution in [0, 0.1) is 0 Å². The van der Waals surface area contributed by atoms with E-state index < -0.39 is 0 Å². The lowest BCUT2D eigenvalue weighted by Gasteiger charge is -2.23. The Labute approximate surface area is 123 Å². The predicted molar refractivity (Wildman–Crippen MR) is 78.4 cm³/mol. The molecule has 2 aromatic rings. The summed E-state index contributed by atoms with van der Waals surface area (Å²) in [6.45, 7) is 1.84. The second-order valence-electron chi connectivity index (χ2n) is 4.98.